The van der Waals surface area contributed by atoms with Crippen LogP contribution in [-0.4, -0.2) is 27.7 Å². The molecule has 5 aliphatic rings. The van der Waals surface area contributed by atoms with Gasteiger partial charge in [0.15, 0.2) is 10.9 Å². The van der Waals surface area contributed by atoms with Gasteiger partial charge < -0.3 is 4.74 Å². The summed E-state index contributed by atoms with van der Waals surface area (Å²) >= 11 is 1.50. The van der Waals surface area contributed by atoms with Gasteiger partial charge in [-0.1, -0.05) is 31.2 Å². The van der Waals surface area contributed by atoms with Crippen LogP contribution in [0.5, 0.6) is 0 Å². The van der Waals surface area contributed by atoms with E-state index in [1.54, 1.807) is 6.92 Å². The molecule has 0 radical (unpaired) electrons. The number of ether oxygens (including phenoxy) is 1. The molecule has 5 rings (SSSR count). The van der Waals surface area contributed by atoms with Gasteiger partial charge in [-0.05, 0) is 74.2 Å². The molecule has 4 fully saturated rings. The van der Waals surface area contributed by atoms with E-state index in [2.05, 4.69) is 13.8 Å². The molecule has 5 heteroatoms. The first kappa shape index (κ1) is 19.8. The normalized spacial score (nSPS) is 48.6. The van der Waals surface area contributed by atoms with Crippen molar-refractivity contribution in [2.75, 3.05) is 0 Å². The maximum atomic E-state index is 12.2. The molecule has 0 N–H and O–H groups in total. The zero-order chi connectivity index (χ0) is 20.6. The van der Waals surface area contributed by atoms with Crippen LogP contribution in [-0.2, 0) is 19.1 Å². The zero-order valence-corrected chi connectivity index (χ0v) is 18.6. The minimum Gasteiger partial charge on any atom is -0.458 e. The Labute approximate surface area is 177 Å². The lowest BCUT2D eigenvalue weighted by Crippen LogP contribution is -2.57. The Bertz CT molecular complexity index is 818. The number of carbonyl (C=O) groups excluding carboxylic acids is 3. The molecule has 3 saturated carbocycles. The van der Waals surface area contributed by atoms with E-state index in [1.807, 2.05) is 6.08 Å². The first-order chi connectivity index (χ1) is 13.7. The smallest absolute Gasteiger partial charge is 0.306 e. The highest BCUT2D eigenvalue weighted by atomic mass is 32.2. The predicted octanol–water partition coefficient (Wildman–Crippen LogP) is 4.85. The van der Waals surface area contributed by atoms with Crippen LogP contribution in [0.2, 0.25) is 0 Å². The number of allylic oxidation sites excluding steroid dienone is 1. The molecular weight excluding hydrogens is 384 g/mol. The molecule has 4 aliphatic carbocycles. The van der Waals surface area contributed by atoms with Gasteiger partial charge in [0.25, 0.3) is 0 Å². The number of rotatable bonds is 1. The van der Waals surface area contributed by atoms with Gasteiger partial charge in [0, 0.05) is 30.4 Å². The first-order valence-electron chi connectivity index (χ1n) is 11.3. The van der Waals surface area contributed by atoms with Gasteiger partial charge in [0.05, 0.1) is 0 Å². The Kier molecular flexibility index (Phi) is 4.41. The summed E-state index contributed by atoms with van der Waals surface area (Å²) in [4.78, 5) is 36.4. The number of esters is 1. The van der Waals surface area contributed by atoms with Gasteiger partial charge in [-0.25, -0.2) is 0 Å². The van der Waals surface area contributed by atoms with Crippen LogP contribution in [0.3, 0.4) is 0 Å². The molecule has 0 amide bonds. The molecule has 0 aromatic rings. The van der Waals surface area contributed by atoms with Crippen LogP contribution in [0, 0.1) is 28.6 Å². The molecular formula is C24H32O4S. The fourth-order valence-electron chi connectivity index (χ4n) is 8.13. The standard InChI is InChI=1S/C24H32O4S/c1-14(25)29-19-13-15-12-16(26)4-8-22(15,2)17-5-9-23(3)18(21(17)19)6-10-24(23)11-7-20(27)28-24/h12,17-19,21H,4-11,13H2,1-3H3/t17?,18?,19-,21?,22?,23?,24-/m0/s1. The minimum atomic E-state index is -0.287. The average molecular weight is 417 g/mol. The number of hydrogen-bond acceptors (Lipinski definition) is 5. The average Bonchev–Trinajstić information content (AvgIpc) is 3.17. The third-order valence-electron chi connectivity index (χ3n) is 9.61. The summed E-state index contributed by atoms with van der Waals surface area (Å²) in [6.45, 7) is 6.42. The van der Waals surface area contributed by atoms with Crippen molar-refractivity contribution in [1.82, 2.24) is 0 Å². The van der Waals surface area contributed by atoms with Crippen molar-refractivity contribution in [3.8, 4) is 0 Å². The summed E-state index contributed by atoms with van der Waals surface area (Å²) in [6, 6.07) is 0. The first-order valence-corrected chi connectivity index (χ1v) is 12.2. The highest BCUT2D eigenvalue weighted by Crippen LogP contribution is 2.70. The van der Waals surface area contributed by atoms with Gasteiger partial charge in [0.1, 0.15) is 5.60 Å². The third-order valence-corrected chi connectivity index (χ3v) is 10.7. The number of ketones is 1. The summed E-state index contributed by atoms with van der Waals surface area (Å²) in [7, 11) is 0. The molecule has 7 atom stereocenters. The molecule has 0 bridgehead atoms. The van der Waals surface area contributed by atoms with E-state index in [0.29, 0.717) is 30.6 Å². The molecule has 1 spiro atoms. The van der Waals surface area contributed by atoms with E-state index < -0.39 is 0 Å². The van der Waals surface area contributed by atoms with E-state index in [9.17, 15) is 14.4 Å². The predicted molar refractivity (Wildman–Crippen MR) is 112 cm³/mol. The fourth-order valence-corrected chi connectivity index (χ4v) is 9.36. The third kappa shape index (κ3) is 2.68. The van der Waals surface area contributed by atoms with Crippen molar-refractivity contribution in [3.05, 3.63) is 11.6 Å². The topological polar surface area (TPSA) is 60.4 Å². The Morgan fingerprint density at radius 1 is 1.07 bits per heavy atom. The zero-order valence-electron chi connectivity index (χ0n) is 17.8. The summed E-state index contributed by atoms with van der Waals surface area (Å²) < 4.78 is 6.06. The van der Waals surface area contributed by atoms with Gasteiger partial charge >= 0.3 is 5.97 Å². The van der Waals surface area contributed by atoms with E-state index in [4.69, 9.17) is 4.74 Å². The van der Waals surface area contributed by atoms with Crippen LogP contribution in [0.1, 0.15) is 78.6 Å². The number of thioether (sulfide) groups is 1. The van der Waals surface area contributed by atoms with Gasteiger partial charge in [-0.3, -0.25) is 14.4 Å². The molecule has 1 heterocycles. The second-order valence-corrected chi connectivity index (χ2v) is 12.1. The fraction of sp³-hybridized carbons (Fsp3) is 0.792. The molecule has 5 unspecified atom stereocenters. The Hall–Kier alpha value is -1.10. The molecule has 1 aliphatic heterocycles. The lowest BCUT2D eigenvalue weighted by Gasteiger charge is -2.61. The minimum absolute atomic E-state index is 0.0119. The molecule has 4 nitrogen and oxygen atoms in total. The van der Waals surface area contributed by atoms with Crippen molar-refractivity contribution in [2.45, 2.75) is 89.4 Å². The van der Waals surface area contributed by atoms with Crippen molar-refractivity contribution in [2.24, 2.45) is 28.6 Å². The van der Waals surface area contributed by atoms with E-state index >= 15 is 0 Å². The quantitative estimate of drug-likeness (QED) is 0.572. The Morgan fingerprint density at radius 2 is 1.83 bits per heavy atom. The van der Waals surface area contributed by atoms with E-state index in [0.717, 1.165) is 44.9 Å². The van der Waals surface area contributed by atoms with Crippen molar-refractivity contribution < 1.29 is 19.1 Å². The SMILES string of the molecule is CC(=O)S[C@H]1CC2=CC(=O)CCC2(C)C2CCC3(C)C(CC[C@]34CCC(=O)O4)C21. The monoisotopic (exact) mass is 416 g/mol. The summed E-state index contributed by atoms with van der Waals surface area (Å²) in [5, 5.41) is 0.409. The van der Waals surface area contributed by atoms with Crippen LogP contribution in [0.15, 0.2) is 11.6 Å². The molecule has 0 aromatic carbocycles. The molecule has 29 heavy (non-hydrogen) atoms. The van der Waals surface area contributed by atoms with E-state index in [1.165, 1.54) is 17.3 Å². The maximum Gasteiger partial charge on any atom is 0.306 e. The number of hydrogen-bond donors (Lipinski definition) is 0. The summed E-state index contributed by atoms with van der Waals surface area (Å²) in [5.41, 5.74) is 1.09. The molecule has 0 aromatic heterocycles. The van der Waals surface area contributed by atoms with Crippen LogP contribution < -0.4 is 0 Å². The van der Waals surface area contributed by atoms with Gasteiger partial charge in [-0.15, -0.1) is 0 Å². The lowest BCUT2D eigenvalue weighted by molar-refractivity contribution is -0.167. The Morgan fingerprint density at radius 3 is 2.52 bits per heavy atom. The second-order valence-electron chi connectivity index (χ2n) is 10.7. The molecule has 158 valence electrons. The summed E-state index contributed by atoms with van der Waals surface area (Å²) in [5.74, 6) is 1.67. The number of carbonyl (C=O) groups is 3. The van der Waals surface area contributed by atoms with E-state index in [-0.39, 0.29) is 38.5 Å². The van der Waals surface area contributed by atoms with Crippen molar-refractivity contribution >= 4 is 28.6 Å². The summed E-state index contributed by atoms with van der Waals surface area (Å²) in [6.07, 6.45) is 10.0. The highest BCUT2D eigenvalue weighted by Gasteiger charge is 2.68. The number of fused-ring (bicyclic) bond motifs is 6. The van der Waals surface area contributed by atoms with Crippen LogP contribution in [0.25, 0.3) is 0 Å². The van der Waals surface area contributed by atoms with Crippen LogP contribution >= 0.6 is 11.8 Å². The second kappa shape index (κ2) is 6.45. The van der Waals surface area contributed by atoms with Crippen molar-refractivity contribution in [1.29, 1.82) is 0 Å². The lowest BCUT2D eigenvalue weighted by atomic mass is 9.46. The Balaban J connectivity index is 1.56. The largest absolute Gasteiger partial charge is 0.458 e. The highest BCUT2D eigenvalue weighted by molar-refractivity contribution is 8.14. The molecule has 1 saturated heterocycles. The maximum absolute atomic E-state index is 12.2. The van der Waals surface area contributed by atoms with Crippen molar-refractivity contribution in [3.63, 3.8) is 0 Å². The van der Waals surface area contributed by atoms with Gasteiger partial charge in [0.2, 0.25) is 0 Å². The van der Waals surface area contributed by atoms with Crippen LogP contribution in [0.4, 0.5) is 0 Å². The van der Waals surface area contributed by atoms with Gasteiger partial charge in [-0.2, -0.15) is 0 Å².